The number of aromatic nitrogens is 1. The summed E-state index contributed by atoms with van der Waals surface area (Å²) in [6.45, 7) is 1.91. The van der Waals surface area contributed by atoms with Crippen LogP contribution in [0.5, 0.6) is 0 Å². The van der Waals surface area contributed by atoms with Crippen molar-refractivity contribution in [3.05, 3.63) is 71.6 Å². The minimum atomic E-state index is -4.34. The Morgan fingerprint density at radius 1 is 0.972 bits per heavy atom. The summed E-state index contributed by atoms with van der Waals surface area (Å²) >= 11 is 0. The Balaban J connectivity index is 1.36. The molecule has 1 unspecified atom stereocenters. The van der Waals surface area contributed by atoms with Gasteiger partial charge in [0.25, 0.3) is 0 Å². The zero-order valence-electron chi connectivity index (χ0n) is 18.9. The molecule has 36 heavy (non-hydrogen) atoms. The highest BCUT2D eigenvalue weighted by Gasteiger charge is 2.42. The second-order valence-electron chi connectivity index (χ2n) is 8.96. The lowest BCUT2D eigenvalue weighted by molar-refractivity contribution is -0.123. The molecule has 0 spiro atoms. The van der Waals surface area contributed by atoms with E-state index >= 15 is 0 Å². The summed E-state index contributed by atoms with van der Waals surface area (Å²) in [6.07, 6.45) is 2.63. The number of hydrogen-bond donors (Lipinski definition) is 1. The van der Waals surface area contributed by atoms with Crippen LogP contribution in [-0.2, 0) is 21.2 Å². The predicted molar refractivity (Wildman–Crippen MR) is 124 cm³/mol. The Hall–Kier alpha value is -3.51. The monoisotopic (exact) mass is 520 g/mol. The molecule has 1 amide bonds. The maximum absolute atomic E-state index is 14.9. The molecule has 2 aliphatic rings. The average Bonchev–Trinajstić information content (AvgIpc) is 3.08. The summed E-state index contributed by atoms with van der Waals surface area (Å²) in [4.78, 5) is 19.2. The van der Waals surface area contributed by atoms with Crippen molar-refractivity contribution >= 4 is 27.3 Å². The van der Waals surface area contributed by atoms with E-state index in [1.807, 2.05) is 0 Å². The van der Waals surface area contributed by atoms with E-state index in [-0.39, 0.29) is 47.5 Å². The SMILES string of the molecule is CC1Cc2cc(F)c(S(N)(=O)=O)cc2N1C(=O)C1CN(c2cc(F)c(-c3cnccc3F)cc2F)C1. The lowest BCUT2D eigenvalue weighted by Gasteiger charge is -2.42. The molecular formula is C24H20F4N4O3S. The molecule has 0 bridgehead atoms. The molecule has 2 N–H and O–H groups in total. The minimum absolute atomic E-state index is 0.0712. The number of anilines is 2. The molecular weight excluding hydrogens is 500 g/mol. The highest BCUT2D eigenvalue weighted by atomic mass is 32.2. The summed E-state index contributed by atoms with van der Waals surface area (Å²) in [5.74, 6) is -4.28. The third-order valence-electron chi connectivity index (χ3n) is 6.56. The lowest BCUT2D eigenvalue weighted by Crippen LogP contribution is -2.56. The first kappa shape index (κ1) is 24.2. The van der Waals surface area contributed by atoms with E-state index in [4.69, 9.17) is 5.14 Å². The number of hydrogen-bond acceptors (Lipinski definition) is 5. The molecule has 0 aliphatic carbocycles. The third kappa shape index (κ3) is 3.99. The fraction of sp³-hybridized carbons (Fsp3) is 0.250. The molecule has 3 aromatic rings. The van der Waals surface area contributed by atoms with Crippen molar-refractivity contribution in [1.82, 2.24) is 4.98 Å². The second-order valence-corrected chi connectivity index (χ2v) is 10.5. The smallest absolute Gasteiger partial charge is 0.241 e. The number of nitrogens with zero attached hydrogens (tertiary/aromatic N) is 3. The molecule has 2 aliphatic heterocycles. The Labute approximate surface area is 204 Å². The fourth-order valence-corrected chi connectivity index (χ4v) is 5.37. The first-order valence-electron chi connectivity index (χ1n) is 11.0. The number of benzene rings is 2. The van der Waals surface area contributed by atoms with E-state index < -0.39 is 44.1 Å². The summed E-state index contributed by atoms with van der Waals surface area (Å²) < 4.78 is 81.3. The van der Waals surface area contributed by atoms with Crippen LogP contribution >= 0.6 is 0 Å². The van der Waals surface area contributed by atoms with Crippen molar-refractivity contribution in [1.29, 1.82) is 0 Å². The van der Waals surface area contributed by atoms with Gasteiger partial charge in [0.05, 0.1) is 11.6 Å². The van der Waals surface area contributed by atoms with Crippen molar-refractivity contribution in [2.24, 2.45) is 11.1 Å². The highest BCUT2D eigenvalue weighted by Crippen LogP contribution is 2.39. The molecule has 2 aromatic carbocycles. The number of pyridine rings is 1. The Bertz CT molecular complexity index is 1510. The van der Waals surface area contributed by atoms with E-state index in [1.54, 1.807) is 6.92 Å². The van der Waals surface area contributed by atoms with E-state index in [0.717, 1.165) is 36.5 Å². The van der Waals surface area contributed by atoms with E-state index in [2.05, 4.69) is 4.98 Å². The van der Waals surface area contributed by atoms with Crippen molar-refractivity contribution in [2.45, 2.75) is 24.3 Å². The van der Waals surface area contributed by atoms with E-state index in [9.17, 15) is 30.8 Å². The largest absolute Gasteiger partial charge is 0.367 e. The zero-order chi connectivity index (χ0) is 25.9. The molecule has 188 valence electrons. The number of amides is 1. The van der Waals surface area contributed by atoms with Gasteiger partial charge in [-0.2, -0.15) is 0 Å². The number of halogens is 4. The van der Waals surface area contributed by atoms with Crippen LogP contribution in [-0.4, -0.2) is 38.4 Å². The molecule has 3 heterocycles. The van der Waals surface area contributed by atoms with Crippen LogP contribution in [0.3, 0.4) is 0 Å². The number of carbonyl (C=O) groups excluding carboxylic acids is 1. The van der Waals surface area contributed by atoms with Crippen LogP contribution in [0.4, 0.5) is 28.9 Å². The number of carbonyl (C=O) groups is 1. The lowest BCUT2D eigenvalue weighted by atomic mass is 9.96. The first-order chi connectivity index (χ1) is 17.0. The Morgan fingerprint density at radius 3 is 2.36 bits per heavy atom. The maximum Gasteiger partial charge on any atom is 0.241 e. The standard InChI is InChI=1S/C24H20F4N4O3S/c1-12-4-13-5-20(28)23(36(29,34)35)8-21(13)32(12)24(33)14-10-31(11-14)22-7-18(26)15(6-19(22)27)16-9-30-3-2-17(16)25/h2-3,5-9,12,14H,4,10-11H2,1H3,(H2,29,34,35). The highest BCUT2D eigenvalue weighted by molar-refractivity contribution is 7.89. The molecule has 0 radical (unpaired) electrons. The third-order valence-corrected chi connectivity index (χ3v) is 7.48. The summed E-state index contributed by atoms with van der Waals surface area (Å²) in [7, 11) is -4.34. The van der Waals surface area contributed by atoms with Gasteiger partial charge in [-0.25, -0.2) is 31.1 Å². The van der Waals surface area contributed by atoms with Crippen LogP contribution < -0.4 is 14.9 Å². The molecule has 1 saturated heterocycles. The molecule has 5 rings (SSSR count). The number of nitrogens with two attached hydrogens (primary N) is 1. The summed E-state index contributed by atoms with van der Waals surface area (Å²) in [6, 6.07) is 4.65. The fourth-order valence-electron chi connectivity index (χ4n) is 4.76. The predicted octanol–water partition coefficient (Wildman–Crippen LogP) is 3.37. The van der Waals surface area contributed by atoms with Gasteiger partial charge in [-0.15, -0.1) is 0 Å². The van der Waals surface area contributed by atoms with Crippen molar-refractivity contribution in [3.8, 4) is 11.1 Å². The van der Waals surface area contributed by atoms with Gasteiger partial charge in [0.15, 0.2) is 0 Å². The number of fused-ring (bicyclic) bond motifs is 1. The molecule has 0 saturated carbocycles. The average molecular weight is 521 g/mol. The van der Waals surface area contributed by atoms with Crippen molar-refractivity contribution < 1.29 is 30.8 Å². The van der Waals surface area contributed by atoms with Gasteiger partial charge in [-0.3, -0.25) is 9.78 Å². The van der Waals surface area contributed by atoms with E-state index in [1.165, 1.54) is 16.0 Å². The summed E-state index contributed by atoms with van der Waals surface area (Å²) in [5.41, 5.74) is 0.224. The molecule has 12 heteroatoms. The quantitative estimate of drug-likeness (QED) is 0.533. The minimum Gasteiger partial charge on any atom is -0.367 e. The van der Waals surface area contributed by atoms with Gasteiger partial charge < -0.3 is 9.80 Å². The number of rotatable bonds is 4. The Morgan fingerprint density at radius 2 is 1.69 bits per heavy atom. The van der Waals surface area contributed by atoms with Gasteiger partial charge in [0.2, 0.25) is 15.9 Å². The molecule has 1 fully saturated rings. The first-order valence-corrected chi connectivity index (χ1v) is 12.5. The van der Waals surface area contributed by atoms with Crippen LogP contribution in [0.1, 0.15) is 12.5 Å². The number of primary sulfonamides is 1. The van der Waals surface area contributed by atoms with Gasteiger partial charge >= 0.3 is 0 Å². The van der Waals surface area contributed by atoms with E-state index in [0.29, 0.717) is 12.0 Å². The second kappa shape index (κ2) is 8.56. The van der Waals surface area contributed by atoms with Crippen LogP contribution in [0.25, 0.3) is 11.1 Å². The summed E-state index contributed by atoms with van der Waals surface area (Å²) in [5, 5.41) is 5.10. The van der Waals surface area contributed by atoms with Gasteiger partial charge in [0.1, 0.15) is 28.2 Å². The molecule has 7 nitrogen and oxygen atoms in total. The Kier molecular flexibility index (Phi) is 5.75. The topological polar surface area (TPSA) is 96.6 Å². The van der Waals surface area contributed by atoms with Gasteiger partial charge in [0, 0.05) is 54.4 Å². The van der Waals surface area contributed by atoms with Crippen molar-refractivity contribution in [3.63, 3.8) is 0 Å². The molecule has 1 atom stereocenters. The van der Waals surface area contributed by atoms with Crippen molar-refractivity contribution in [2.75, 3.05) is 22.9 Å². The number of sulfonamides is 1. The van der Waals surface area contributed by atoms with Crippen LogP contribution in [0, 0.1) is 29.2 Å². The van der Waals surface area contributed by atoms with Gasteiger partial charge in [-0.05, 0) is 43.2 Å². The maximum atomic E-state index is 14.9. The van der Waals surface area contributed by atoms with Gasteiger partial charge in [-0.1, -0.05) is 0 Å². The molecule has 1 aromatic heterocycles. The van der Waals surface area contributed by atoms with Crippen LogP contribution in [0.15, 0.2) is 47.6 Å². The normalized spacial score (nSPS) is 17.8. The van der Waals surface area contributed by atoms with Crippen LogP contribution in [0.2, 0.25) is 0 Å². The zero-order valence-corrected chi connectivity index (χ0v) is 19.7.